The van der Waals surface area contributed by atoms with Gasteiger partial charge in [0.05, 0.1) is 7.11 Å². The highest BCUT2D eigenvalue weighted by atomic mass is 16.5. The first-order valence-corrected chi connectivity index (χ1v) is 3.55. The fraction of sp³-hybridized carbons (Fsp3) is 0.500. The van der Waals surface area contributed by atoms with Gasteiger partial charge in [0.15, 0.2) is 5.78 Å². The number of rotatable bonds is 3. The quantitative estimate of drug-likeness (QED) is 0.391. The van der Waals surface area contributed by atoms with Gasteiger partial charge in [-0.05, 0) is 13.3 Å². The number of hydrogen-bond donors (Lipinski definition) is 1. The van der Waals surface area contributed by atoms with Gasteiger partial charge in [-0.3, -0.25) is 4.79 Å². The minimum atomic E-state index is -0.873. The van der Waals surface area contributed by atoms with Crippen LogP contribution in [-0.4, -0.2) is 24.0 Å². The highest BCUT2D eigenvalue weighted by Crippen LogP contribution is 2.08. The maximum Gasteiger partial charge on any atom is 0.373 e. The van der Waals surface area contributed by atoms with Gasteiger partial charge in [-0.2, -0.15) is 0 Å². The van der Waals surface area contributed by atoms with E-state index in [1.165, 1.54) is 6.92 Å². The Morgan fingerprint density at radius 2 is 1.92 bits per heavy atom. The summed E-state index contributed by atoms with van der Waals surface area (Å²) in [5.74, 6) is -1.78. The Morgan fingerprint density at radius 3 is 2.17 bits per heavy atom. The molecule has 0 atom stereocenters. The number of Topliss-reactive ketones (excluding diaryl/α,β-unsaturated/α-hetero) is 1. The Labute approximate surface area is 70.8 Å². The molecule has 0 unspecified atom stereocenters. The van der Waals surface area contributed by atoms with E-state index >= 15 is 0 Å². The van der Waals surface area contributed by atoms with Crippen molar-refractivity contribution < 1.29 is 19.4 Å². The van der Waals surface area contributed by atoms with Crippen molar-refractivity contribution in [2.75, 3.05) is 7.11 Å². The Morgan fingerprint density at radius 1 is 1.42 bits per heavy atom. The zero-order valence-electron chi connectivity index (χ0n) is 7.38. The van der Waals surface area contributed by atoms with Crippen molar-refractivity contribution in [2.45, 2.75) is 20.3 Å². The topological polar surface area (TPSA) is 63.6 Å². The summed E-state index contributed by atoms with van der Waals surface area (Å²) in [4.78, 5) is 21.5. The molecule has 4 nitrogen and oxygen atoms in total. The molecule has 0 fully saturated rings. The first-order chi connectivity index (χ1) is 5.54. The Balaban J connectivity index is 4.84. The van der Waals surface area contributed by atoms with Gasteiger partial charge in [0.25, 0.3) is 0 Å². The molecule has 0 aliphatic carbocycles. The molecule has 0 heterocycles. The van der Waals surface area contributed by atoms with E-state index in [4.69, 9.17) is 5.11 Å². The molecule has 0 saturated carbocycles. The van der Waals surface area contributed by atoms with E-state index in [0.717, 1.165) is 7.11 Å². The standard InChI is InChI=1S/C8H12O4/c1-4-6(5(2)9)7(10)8(11)12-3/h10H,4H2,1-3H3/b7-6-. The lowest BCUT2D eigenvalue weighted by Gasteiger charge is -2.02. The zero-order chi connectivity index (χ0) is 9.72. The predicted molar refractivity (Wildman–Crippen MR) is 42.6 cm³/mol. The van der Waals surface area contributed by atoms with Crippen molar-refractivity contribution in [3.05, 3.63) is 11.3 Å². The smallest absolute Gasteiger partial charge is 0.373 e. The lowest BCUT2D eigenvalue weighted by Crippen LogP contribution is -2.10. The summed E-state index contributed by atoms with van der Waals surface area (Å²) in [7, 11) is 1.14. The molecule has 0 rings (SSSR count). The summed E-state index contributed by atoms with van der Waals surface area (Å²) in [5.41, 5.74) is 0.0989. The number of esters is 1. The molecule has 0 aromatic heterocycles. The van der Waals surface area contributed by atoms with Crippen molar-refractivity contribution in [1.29, 1.82) is 0 Å². The van der Waals surface area contributed by atoms with Crippen LogP contribution in [0.1, 0.15) is 20.3 Å². The monoisotopic (exact) mass is 172 g/mol. The fourth-order valence-electron chi connectivity index (χ4n) is 0.803. The molecule has 0 aromatic rings. The second-order valence-electron chi connectivity index (χ2n) is 2.23. The summed E-state index contributed by atoms with van der Waals surface area (Å²) in [6, 6.07) is 0. The van der Waals surface area contributed by atoms with E-state index in [1.54, 1.807) is 6.92 Å². The molecule has 4 heteroatoms. The molecule has 0 aromatic carbocycles. The molecular weight excluding hydrogens is 160 g/mol. The summed E-state index contributed by atoms with van der Waals surface area (Å²) >= 11 is 0. The Bertz CT molecular complexity index is 227. The van der Waals surface area contributed by atoms with Crippen LogP contribution in [0.25, 0.3) is 0 Å². The number of hydrogen-bond acceptors (Lipinski definition) is 4. The average molecular weight is 172 g/mol. The molecule has 0 radical (unpaired) electrons. The van der Waals surface area contributed by atoms with Crippen LogP contribution in [0.3, 0.4) is 0 Å². The van der Waals surface area contributed by atoms with E-state index in [0.29, 0.717) is 6.42 Å². The van der Waals surface area contributed by atoms with Crippen molar-refractivity contribution in [3.63, 3.8) is 0 Å². The maximum atomic E-state index is 10.8. The van der Waals surface area contributed by atoms with Crippen molar-refractivity contribution in [1.82, 2.24) is 0 Å². The zero-order valence-corrected chi connectivity index (χ0v) is 7.38. The van der Waals surface area contributed by atoms with Gasteiger partial charge in [0.1, 0.15) is 0 Å². The fourth-order valence-corrected chi connectivity index (χ4v) is 0.803. The minimum Gasteiger partial charge on any atom is -0.502 e. The average Bonchev–Trinajstić information content (AvgIpc) is 2.03. The van der Waals surface area contributed by atoms with Gasteiger partial charge >= 0.3 is 5.97 Å². The molecule has 0 aliphatic rings. The van der Waals surface area contributed by atoms with Crippen LogP contribution >= 0.6 is 0 Å². The van der Waals surface area contributed by atoms with E-state index < -0.39 is 11.7 Å². The number of aliphatic hydroxyl groups excluding tert-OH is 1. The number of ketones is 1. The number of carbonyl (C=O) groups is 2. The second-order valence-corrected chi connectivity index (χ2v) is 2.23. The van der Waals surface area contributed by atoms with Crippen LogP contribution in [0, 0.1) is 0 Å². The molecule has 0 bridgehead atoms. The summed E-state index contributed by atoms with van der Waals surface area (Å²) in [6.07, 6.45) is 0.316. The first kappa shape index (κ1) is 10.7. The molecule has 0 amide bonds. The van der Waals surface area contributed by atoms with Crippen LogP contribution in [0.4, 0.5) is 0 Å². The van der Waals surface area contributed by atoms with E-state index in [-0.39, 0.29) is 11.4 Å². The molecule has 0 aliphatic heterocycles. The number of ether oxygens (including phenoxy) is 1. The van der Waals surface area contributed by atoms with Gasteiger partial charge in [-0.15, -0.1) is 0 Å². The van der Waals surface area contributed by atoms with Crippen LogP contribution in [0.15, 0.2) is 11.3 Å². The van der Waals surface area contributed by atoms with Gasteiger partial charge in [0.2, 0.25) is 5.76 Å². The van der Waals surface area contributed by atoms with E-state index in [2.05, 4.69) is 4.74 Å². The van der Waals surface area contributed by atoms with Gasteiger partial charge in [-0.25, -0.2) is 4.79 Å². The molecule has 68 valence electrons. The third-order valence-corrected chi connectivity index (χ3v) is 1.44. The van der Waals surface area contributed by atoms with Crippen molar-refractivity contribution in [3.8, 4) is 0 Å². The number of aliphatic hydroxyl groups is 1. The van der Waals surface area contributed by atoms with Crippen LogP contribution in [-0.2, 0) is 14.3 Å². The van der Waals surface area contributed by atoms with E-state index in [1.807, 2.05) is 0 Å². The predicted octanol–water partition coefficient (Wildman–Crippen LogP) is 0.970. The van der Waals surface area contributed by atoms with Gasteiger partial charge in [-0.1, -0.05) is 6.92 Å². The number of methoxy groups -OCH3 is 1. The van der Waals surface area contributed by atoms with Crippen molar-refractivity contribution in [2.24, 2.45) is 0 Å². The van der Waals surface area contributed by atoms with Gasteiger partial charge < -0.3 is 9.84 Å². The third-order valence-electron chi connectivity index (χ3n) is 1.44. The maximum absolute atomic E-state index is 10.8. The molecule has 0 saturated heterocycles. The molecule has 1 N–H and O–H groups in total. The molecule has 12 heavy (non-hydrogen) atoms. The second kappa shape index (κ2) is 4.54. The van der Waals surface area contributed by atoms with Crippen LogP contribution in [0.2, 0.25) is 0 Å². The SMILES string of the molecule is CC/C(C(C)=O)=C(/O)C(=O)OC. The van der Waals surface area contributed by atoms with Crippen LogP contribution in [0.5, 0.6) is 0 Å². The summed E-state index contributed by atoms with van der Waals surface area (Å²) in [5, 5.41) is 9.13. The van der Waals surface area contributed by atoms with Crippen molar-refractivity contribution >= 4 is 11.8 Å². The Kier molecular flexibility index (Phi) is 4.04. The lowest BCUT2D eigenvalue weighted by molar-refractivity contribution is -0.139. The first-order valence-electron chi connectivity index (χ1n) is 3.55. The number of carbonyl (C=O) groups excluding carboxylic acids is 2. The molecular formula is C8H12O4. The number of allylic oxidation sites excluding steroid dienone is 1. The lowest BCUT2D eigenvalue weighted by atomic mass is 10.1. The van der Waals surface area contributed by atoms with Gasteiger partial charge in [0, 0.05) is 5.57 Å². The Hall–Kier alpha value is -1.32. The molecule has 0 spiro atoms. The largest absolute Gasteiger partial charge is 0.502 e. The summed E-state index contributed by atoms with van der Waals surface area (Å²) in [6.45, 7) is 2.97. The normalized spacial score (nSPS) is 11.9. The van der Waals surface area contributed by atoms with E-state index in [9.17, 15) is 9.59 Å². The van der Waals surface area contributed by atoms with Crippen LogP contribution < -0.4 is 0 Å². The minimum absolute atomic E-state index is 0.0989. The highest BCUT2D eigenvalue weighted by molar-refractivity contribution is 6.01. The third kappa shape index (κ3) is 2.38. The summed E-state index contributed by atoms with van der Waals surface area (Å²) < 4.78 is 4.25. The highest BCUT2D eigenvalue weighted by Gasteiger charge is 2.16.